The first-order valence-electron chi connectivity index (χ1n) is 10.3. The number of anilines is 1. The van der Waals surface area contributed by atoms with Gasteiger partial charge in [-0.05, 0) is 32.0 Å². The van der Waals surface area contributed by atoms with Crippen molar-refractivity contribution in [1.29, 1.82) is 0 Å². The van der Waals surface area contributed by atoms with E-state index < -0.39 is 0 Å². The molecule has 8 nitrogen and oxygen atoms in total. The van der Waals surface area contributed by atoms with Crippen molar-refractivity contribution in [2.45, 2.75) is 19.3 Å². The van der Waals surface area contributed by atoms with Crippen LogP contribution in [-0.2, 0) is 0 Å². The molecule has 0 aliphatic carbocycles. The Bertz CT molecular complexity index is 550. The number of aliphatic imine (C=N–C) groups is 1. The zero-order valence-electron chi connectivity index (χ0n) is 16.6. The fourth-order valence-corrected chi connectivity index (χ4v) is 3.69. The molecule has 2 fully saturated rings. The van der Waals surface area contributed by atoms with Crippen molar-refractivity contribution in [2.75, 3.05) is 77.4 Å². The summed E-state index contributed by atoms with van der Waals surface area (Å²) >= 11 is 0. The Morgan fingerprint density at radius 2 is 1.48 bits per heavy atom. The quantitative estimate of drug-likeness (QED) is 0.524. The Morgan fingerprint density at radius 1 is 0.889 bits per heavy atom. The lowest BCUT2D eigenvalue weighted by Gasteiger charge is -2.34. The van der Waals surface area contributed by atoms with E-state index in [1.165, 1.54) is 32.4 Å². The van der Waals surface area contributed by atoms with Gasteiger partial charge in [0.25, 0.3) is 0 Å². The Hall–Kier alpha value is -1.93. The van der Waals surface area contributed by atoms with Crippen molar-refractivity contribution < 1.29 is 0 Å². The first-order valence-corrected chi connectivity index (χ1v) is 10.3. The second-order valence-corrected chi connectivity index (χ2v) is 7.21. The standard InChI is InChI=1S/C19H34N8/c1-20-18(21-8-12-25-10-3-2-4-11-25)22-9-13-26-14-16-27(17-15-26)19-23-6-5-7-24-19/h5-7H,2-4,8-17H2,1H3,(H2,20,21,22). The number of rotatable bonds is 7. The summed E-state index contributed by atoms with van der Waals surface area (Å²) in [6.45, 7) is 10.5. The van der Waals surface area contributed by atoms with Crippen LogP contribution < -0.4 is 15.5 Å². The third-order valence-corrected chi connectivity index (χ3v) is 5.32. The van der Waals surface area contributed by atoms with Crippen LogP contribution in [0.2, 0.25) is 0 Å². The van der Waals surface area contributed by atoms with Gasteiger partial charge in [0.15, 0.2) is 5.96 Å². The van der Waals surface area contributed by atoms with Crippen molar-refractivity contribution in [2.24, 2.45) is 4.99 Å². The molecule has 0 atom stereocenters. The van der Waals surface area contributed by atoms with Crippen LogP contribution in [0.3, 0.4) is 0 Å². The first kappa shape index (κ1) is 19.8. The van der Waals surface area contributed by atoms with Crippen LogP contribution >= 0.6 is 0 Å². The van der Waals surface area contributed by atoms with E-state index in [2.05, 4.69) is 40.3 Å². The van der Waals surface area contributed by atoms with Gasteiger partial charge in [-0.3, -0.25) is 9.89 Å². The molecule has 0 radical (unpaired) electrons. The average molecular weight is 375 g/mol. The fraction of sp³-hybridized carbons (Fsp3) is 0.737. The van der Waals surface area contributed by atoms with Gasteiger partial charge in [-0.25, -0.2) is 9.97 Å². The number of likely N-dealkylation sites (tertiary alicyclic amines) is 1. The van der Waals surface area contributed by atoms with E-state index in [-0.39, 0.29) is 0 Å². The number of guanidine groups is 1. The summed E-state index contributed by atoms with van der Waals surface area (Å²) in [6, 6.07) is 1.86. The van der Waals surface area contributed by atoms with Crippen LogP contribution in [0.15, 0.2) is 23.5 Å². The van der Waals surface area contributed by atoms with Gasteiger partial charge >= 0.3 is 0 Å². The largest absolute Gasteiger partial charge is 0.355 e. The van der Waals surface area contributed by atoms with Gasteiger partial charge in [0, 0.05) is 71.8 Å². The minimum absolute atomic E-state index is 0.841. The van der Waals surface area contributed by atoms with Crippen LogP contribution in [0.25, 0.3) is 0 Å². The maximum atomic E-state index is 4.34. The molecule has 2 aliphatic heterocycles. The van der Waals surface area contributed by atoms with Crippen LogP contribution in [0.5, 0.6) is 0 Å². The third kappa shape index (κ3) is 6.62. The number of hydrogen-bond acceptors (Lipinski definition) is 6. The van der Waals surface area contributed by atoms with E-state index in [1.807, 2.05) is 25.5 Å². The van der Waals surface area contributed by atoms with Gasteiger partial charge in [0.1, 0.15) is 0 Å². The molecule has 2 aliphatic rings. The highest BCUT2D eigenvalue weighted by Gasteiger charge is 2.18. The maximum Gasteiger partial charge on any atom is 0.225 e. The van der Waals surface area contributed by atoms with E-state index in [0.29, 0.717) is 0 Å². The Morgan fingerprint density at radius 3 is 2.07 bits per heavy atom. The van der Waals surface area contributed by atoms with Crippen LogP contribution in [0.4, 0.5) is 5.95 Å². The zero-order valence-corrected chi connectivity index (χ0v) is 16.6. The highest BCUT2D eigenvalue weighted by atomic mass is 15.3. The van der Waals surface area contributed by atoms with Crippen molar-refractivity contribution in [3.05, 3.63) is 18.5 Å². The SMILES string of the molecule is CN=C(NCCN1CCCCC1)NCCN1CCN(c2ncccn2)CC1. The maximum absolute atomic E-state index is 4.34. The van der Waals surface area contributed by atoms with Crippen molar-refractivity contribution in [3.8, 4) is 0 Å². The molecular weight excluding hydrogens is 340 g/mol. The predicted octanol–water partition coefficient (Wildman–Crippen LogP) is 0.250. The first-order chi connectivity index (χ1) is 13.3. The van der Waals surface area contributed by atoms with Crippen LogP contribution in [0, 0.1) is 0 Å². The lowest BCUT2D eigenvalue weighted by atomic mass is 10.1. The molecule has 2 saturated heterocycles. The smallest absolute Gasteiger partial charge is 0.225 e. The number of hydrogen-bond donors (Lipinski definition) is 2. The van der Waals surface area contributed by atoms with Crippen molar-refractivity contribution in [1.82, 2.24) is 30.4 Å². The highest BCUT2D eigenvalue weighted by molar-refractivity contribution is 5.79. The summed E-state index contributed by atoms with van der Waals surface area (Å²) in [5, 5.41) is 6.87. The molecule has 2 N–H and O–H groups in total. The summed E-state index contributed by atoms with van der Waals surface area (Å²) in [4.78, 5) is 20.3. The van der Waals surface area contributed by atoms with Crippen molar-refractivity contribution in [3.63, 3.8) is 0 Å². The minimum atomic E-state index is 0.841. The van der Waals surface area contributed by atoms with Gasteiger partial charge in [-0.2, -0.15) is 0 Å². The second kappa shape index (κ2) is 11.0. The van der Waals surface area contributed by atoms with E-state index in [0.717, 1.165) is 64.3 Å². The molecule has 0 saturated carbocycles. The molecule has 0 spiro atoms. The minimum Gasteiger partial charge on any atom is -0.355 e. The Kier molecular flexibility index (Phi) is 8.10. The number of piperazine rings is 1. The van der Waals surface area contributed by atoms with Gasteiger partial charge in [0.05, 0.1) is 0 Å². The normalized spacial score (nSPS) is 19.9. The van der Waals surface area contributed by atoms with E-state index >= 15 is 0 Å². The molecule has 3 rings (SSSR count). The number of nitrogens with zero attached hydrogens (tertiary/aromatic N) is 6. The molecule has 27 heavy (non-hydrogen) atoms. The van der Waals surface area contributed by atoms with E-state index in [9.17, 15) is 0 Å². The monoisotopic (exact) mass is 374 g/mol. The second-order valence-electron chi connectivity index (χ2n) is 7.21. The fourth-order valence-electron chi connectivity index (χ4n) is 3.69. The summed E-state index contributed by atoms with van der Waals surface area (Å²) in [7, 11) is 1.84. The Labute approximate surface area is 163 Å². The summed E-state index contributed by atoms with van der Waals surface area (Å²) in [5.74, 6) is 1.75. The van der Waals surface area contributed by atoms with E-state index in [1.54, 1.807) is 0 Å². The molecular formula is C19H34N8. The Balaban J connectivity index is 1.27. The molecule has 1 aromatic rings. The molecule has 8 heteroatoms. The summed E-state index contributed by atoms with van der Waals surface area (Å²) < 4.78 is 0. The lowest BCUT2D eigenvalue weighted by Crippen LogP contribution is -2.50. The van der Waals surface area contributed by atoms with Gasteiger partial charge in [-0.15, -0.1) is 0 Å². The molecule has 1 aromatic heterocycles. The highest BCUT2D eigenvalue weighted by Crippen LogP contribution is 2.09. The molecule has 0 bridgehead atoms. The molecule has 150 valence electrons. The number of nitrogens with one attached hydrogen (secondary N) is 2. The van der Waals surface area contributed by atoms with Gasteiger partial charge in [-0.1, -0.05) is 6.42 Å². The van der Waals surface area contributed by atoms with Gasteiger partial charge in [0.2, 0.25) is 5.95 Å². The van der Waals surface area contributed by atoms with E-state index in [4.69, 9.17) is 0 Å². The lowest BCUT2D eigenvalue weighted by molar-refractivity contribution is 0.232. The number of aromatic nitrogens is 2. The molecule has 0 aromatic carbocycles. The topological polar surface area (TPSA) is 71.9 Å². The molecule has 0 unspecified atom stereocenters. The molecule has 3 heterocycles. The predicted molar refractivity (Wildman–Crippen MR) is 110 cm³/mol. The third-order valence-electron chi connectivity index (χ3n) is 5.32. The van der Waals surface area contributed by atoms with Gasteiger partial charge < -0.3 is 20.4 Å². The summed E-state index contributed by atoms with van der Waals surface area (Å²) in [6.07, 6.45) is 7.69. The summed E-state index contributed by atoms with van der Waals surface area (Å²) in [5.41, 5.74) is 0. The average Bonchev–Trinajstić information content (AvgIpc) is 2.74. The number of piperidine rings is 1. The zero-order chi connectivity index (χ0) is 18.7. The van der Waals surface area contributed by atoms with Crippen molar-refractivity contribution >= 4 is 11.9 Å². The van der Waals surface area contributed by atoms with Crippen LogP contribution in [-0.4, -0.2) is 98.2 Å². The van der Waals surface area contributed by atoms with Crippen LogP contribution in [0.1, 0.15) is 19.3 Å². The molecule has 0 amide bonds.